The molecule has 0 unspecified atom stereocenters. The van der Waals surface area contributed by atoms with Crippen molar-refractivity contribution in [3.63, 3.8) is 0 Å². The lowest BCUT2D eigenvalue weighted by Crippen LogP contribution is -2.14. The molecule has 5 rings (SSSR count). The van der Waals surface area contributed by atoms with Crippen molar-refractivity contribution in [2.24, 2.45) is 0 Å². The molecule has 0 spiro atoms. The lowest BCUT2D eigenvalue weighted by molar-refractivity contribution is 0.331. The third kappa shape index (κ3) is 3.06. The summed E-state index contributed by atoms with van der Waals surface area (Å²) in [5.41, 5.74) is 3.69. The first-order valence-electron chi connectivity index (χ1n) is 9.23. The summed E-state index contributed by atoms with van der Waals surface area (Å²) in [6.45, 7) is 0. The van der Waals surface area contributed by atoms with E-state index in [1.54, 1.807) is 0 Å². The van der Waals surface area contributed by atoms with Gasteiger partial charge in [-0.05, 0) is 59.1 Å². The van der Waals surface area contributed by atoms with Gasteiger partial charge in [0.25, 0.3) is 5.89 Å². The number of nitrogens with zero attached hydrogens (tertiary/aromatic N) is 5. The van der Waals surface area contributed by atoms with Crippen LogP contribution in [-0.2, 0) is 0 Å². The highest BCUT2D eigenvalue weighted by molar-refractivity contribution is 9.10. The molecule has 1 saturated carbocycles. The molecule has 6 nitrogen and oxygen atoms in total. The molecule has 4 aromatic rings. The molecule has 1 aliphatic rings. The molecule has 1 fully saturated rings. The Labute approximate surface area is 164 Å². The Morgan fingerprint density at radius 2 is 1.89 bits per heavy atom. The van der Waals surface area contributed by atoms with E-state index in [2.05, 4.69) is 47.1 Å². The maximum absolute atomic E-state index is 5.47. The normalized spacial score (nSPS) is 15.4. The molecule has 2 heterocycles. The SMILES string of the molecule is Brc1ccccc1-c1nc(-c2ccc3c(c2)nnn3C2CCCCC2)no1. The molecule has 0 atom stereocenters. The summed E-state index contributed by atoms with van der Waals surface area (Å²) in [5.74, 6) is 1.04. The summed E-state index contributed by atoms with van der Waals surface area (Å²) in [6.07, 6.45) is 6.22. The van der Waals surface area contributed by atoms with Crippen molar-refractivity contribution in [3.8, 4) is 22.8 Å². The summed E-state index contributed by atoms with van der Waals surface area (Å²) in [7, 11) is 0. The molecule has 0 radical (unpaired) electrons. The minimum absolute atomic E-state index is 0.460. The Balaban J connectivity index is 1.48. The average Bonchev–Trinajstić information content (AvgIpc) is 3.36. The number of fused-ring (bicyclic) bond motifs is 1. The zero-order valence-electron chi connectivity index (χ0n) is 14.7. The van der Waals surface area contributed by atoms with Gasteiger partial charge in [0.2, 0.25) is 5.82 Å². The Hall–Kier alpha value is -2.54. The molecule has 0 bridgehead atoms. The molecule has 1 aliphatic carbocycles. The van der Waals surface area contributed by atoms with Crippen LogP contribution in [-0.4, -0.2) is 25.1 Å². The van der Waals surface area contributed by atoms with Crippen LogP contribution in [0.3, 0.4) is 0 Å². The first kappa shape index (κ1) is 16.6. The molecular formula is C20H18BrN5O. The van der Waals surface area contributed by atoms with Crippen LogP contribution in [0.2, 0.25) is 0 Å². The highest BCUT2D eigenvalue weighted by Gasteiger charge is 2.19. The van der Waals surface area contributed by atoms with Crippen molar-refractivity contribution >= 4 is 27.0 Å². The van der Waals surface area contributed by atoms with E-state index in [-0.39, 0.29) is 0 Å². The van der Waals surface area contributed by atoms with E-state index >= 15 is 0 Å². The van der Waals surface area contributed by atoms with Gasteiger partial charge in [0.1, 0.15) is 5.52 Å². The van der Waals surface area contributed by atoms with E-state index in [0.29, 0.717) is 17.8 Å². The second kappa shape index (κ2) is 6.88. The van der Waals surface area contributed by atoms with E-state index in [1.165, 1.54) is 32.1 Å². The molecule has 136 valence electrons. The molecule has 0 amide bonds. The Morgan fingerprint density at radius 3 is 2.74 bits per heavy atom. The van der Waals surface area contributed by atoms with Crippen LogP contribution in [0.1, 0.15) is 38.1 Å². The van der Waals surface area contributed by atoms with Gasteiger partial charge in [-0.15, -0.1) is 5.10 Å². The summed E-state index contributed by atoms with van der Waals surface area (Å²) in [5, 5.41) is 12.9. The number of hydrogen-bond acceptors (Lipinski definition) is 5. The third-order valence-electron chi connectivity index (χ3n) is 5.18. The van der Waals surface area contributed by atoms with Crippen LogP contribution >= 0.6 is 15.9 Å². The van der Waals surface area contributed by atoms with E-state index < -0.39 is 0 Å². The minimum atomic E-state index is 0.460. The van der Waals surface area contributed by atoms with Crippen LogP contribution in [0, 0.1) is 0 Å². The van der Waals surface area contributed by atoms with Gasteiger partial charge in [0.15, 0.2) is 0 Å². The molecule has 2 aromatic carbocycles. The topological polar surface area (TPSA) is 69.6 Å². The van der Waals surface area contributed by atoms with Crippen molar-refractivity contribution in [2.75, 3.05) is 0 Å². The molecule has 0 N–H and O–H groups in total. The lowest BCUT2D eigenvalue weighted by atomic mass is 9.95. The fraction of sp³-hybridized carbons (Fsp3) is 0.300. The number of rotatable bonds is 3. The van der Waals surface area contributed by atoms with Gasteiger partial charge in [0, 0.05) is 10.0 Å². The van der Waals surface area contributed by atoms with Gasteiger partial charge in [-0.1, -0.05) is 41.8 Å². The smallest absolute Gasteiger partial charge is 0.259 e. The zero-order valence-corrected chi connectivity index (χ0v) is 16.3. The monoisotopic (exact) mass is 423 g/mol. The molecule has 27 heavy (non-hydrogen) atoms. The standard InChI is InChI=1S/C20H18BrN5O/c21-16-9-5-4-8-15(16)20-22-19(24-27-20)13-10-11-18-17(12-13)23-25-26(18)14-6-2-1-3-7-14/h4-5,8-12,14H,1-3,6-7H2. The van der Waals surface area contributed by atoms with E-state index in [1.807, 2.05) is 36.4 Å². The van der Waals surface area contributed by atoms with Crippen molar-refractivity contribution in [1.82, 2.24) is 25.1 Å². The molecule has 0 saturated heterocycles. The largest absolute Gasteiger partial charge is 0.334 e. The Bertz CT molecular complexity index is 1100. The fourth-order valence-electron chi connectivity index (χ4n) is 3.76. The van der Waals surface area contributed by atoms with Gasteiger partial charge in [-0.25, -0.2) is 4.68 Å². The summed E-state index contributed by atoms with van der Waals surface area (Å²) in [4.78, 5) is 4.55. The van der Waals surface area contributed by atoms with Gasteiger partial charge < -0.3 is 4.52 Å². The number of benzene rings is 2. The van der Waals surface area contributed by atoms with Crippen LogP contribution < -0.4 is 0 Å². The van der Waals surface area contributed by atoms with Crippen LogP contribution in [0.5, 0.6) is 0 Å². The van der Waals surface area contributed by atoms with Gasteiger partial charge in [-0.3, -0.25) is 0 Å². The van der Waals surface area contributed by atoms with E-state index in [4.69, 9.17) is 4.52 Å². The quantitative estimate of drug-likeness (QED) is 0.440. The van der Waals surface area contributed by atoms with Crippen molar-refractivity contribution in [3.05, 3.63) is 46.9 Å². The third-order valence-corrected chi connectivity index (χ3v) is 5.87. The molecular weight excluding hydrogens is 406 g/mol. The summed E-state index contributed by atoms with van der Waals surface area (Å²) >= 11 is 3.52. The lowest BCUT2D eigenvalue weighted by Gasteiger charge is -2.21. The highest BCUT2D eigenvalue weighted by atomic mass is 79.9. The average molecular weight is 424 g/mol. The van der Waals surface area contributed by atoms with E-state index in [9.17, 15) is 0 Å². The van der Waals surface area contributed by atoms with Crippen molar-refractivity contribution in [2.45, 2.75) is 38.1 Å². The molecule has 7 heteroatoms. The predicted octanol–water partition coefficient (Wildman–Crippen LogP) is 5.42. The number of hydrogen-bond donors (Lipinski definition) is 0. The highest BCUT2D eigenvalue weighted by Crippen LogP contribution is 2.32. The number of aromatic nitrogens is 5. The summed E-state index contributed by atoms with van der Waals surface area (Å²) < 4.78 is 8.47. The van der Waals surface area contributed by atoms with Crippen LogP contribution in [0.25, 0.3) is 33.9 Å². The fourth-order valence-corrected chi connectivity index (χ4v) is 4.22. The van der Waals surface area contributed by atoms with Crippen LogP contribution in [0.4, 0.5) is 0 Å². The zero-order chi connectivity index (χ0) is 18.2. The first-order valence-corrected chi connectivity index (χ1v) is 10.0. The van der Waals surface area contributed by atoms with Crippen LogP contribution in [0.15, 0.2) is 51.5 Å². The van der Waals surface area contributed by atoms with Gasteiger partial charge in [-0.2, -0.15) is 4.98 Å². The maximum Gasteiger partial charge on any atom is 0.259 e. The Kier molecular flexibility index (Phi) is 4.24. The predicted molar refractivity (Wildman–Crippen MR) is 106 cm³/mol. The second-order valence-corrected chi connectivity index (χ2v) is 7.79. The van der Waals surface area contributed by atoms with E-state index in [0.717, 1.165) is 26.6 Å². The second-order valence-electron chi connectivity index (χ2n) is 6.93. The maximum atomic E-state index is 5.47. The minimum Gasteiger partial charge on any atom is -0.334 e. The molecule has 0 aliphatic heterocycles. The first-order chi connectivity index (χ1) is 13.3. The van der Waals surface area contributed by atoms with Crippen molar-refractivity contribution in [1.29, 1.82) is 0 Å². The van der Waals surface area contributed by atoms with Crippen molar-refractivity contribution < 1.29 is 4.52 Å². The molecule has 2 aromatic heterocycles. The summed E-state index contributed by atoms with van der Waals surface area (Å²) in [6, 6.07) is 14.3. The Morgan fingerprint density at radius 1 is 1.04 bits per heavy atom. The van der Waals surface area contributed by atoms with Gasteiger partial charge in [0.05, 0.1) is 17.1 Å². The number of halogens is 1. The van der Waals surface area contributed by atoms with Gasteiger partial charge >= 0.3 is 0 Å².